The summed E-state index contributed by atoms with van der Waals surface area (Å²) in [5.74, 6) is 1.31. The summed E-state index contributed by atoms with van der Waals surface area (Å²) in [6.45, 7) is 19.9. The molecule has 218 valence electrons. The second-order valence-electron chi connectivity index (χ2n) is 13.9. The fourth-order valence-electron chi connectivity index (χ4n) is 5.25. The highest BCUT2D eigenvalue weighted by Crippen LogP contribution is 2.39. The number of fused-ring (bicyclic) bond motifs is 1. The molecule has 2 saturated heterocycles. The molecule has 9 heteroatoms. The van der Waals surface area contributed by atoms with Crippen LogP contribution >= 0.6 is 0 Å². The molecule has 0 bridgehead atoms. The maximum atomic E-state index is 12.5. The molecule has 4 heterocycles. The highest BCUT2D eigenvalue weighted by atomic mass is 28.3. The van der Waals surface area contributed by atoms with E-state index in [-0.39, 0.29) is 11.5 Å². The van der Waals surface area contributed by atoms with Gasteiger partial charge in [-0.2, -0.15) is 0 Å². The number of nitrogens with zero attached hydrogens (tertiary/aromatic N) is 3. The van der Waals surface area contributed by atoms with Gasteiger partial charge in [-0.15, -0.1) is 0 Å². The Balaban J connectivity index is 1.48. The number of piperidine rings is 1. The van der Waals surface area contributed by atoms with Crippen LogP contribution in [0.5, 0.6) is 5.75 Å². The molecule has 2 aliphatic rings. The van der Waals surface area contributed by atoms with Crippen LogP contribution in [0.25, 0.3) is 11.0 Å². The van der Waals surface area contributed by atoms with E-state index in [1.165, 1.54) is 5.56 Å². The van der Waals surface area contributed by atoms with Crippen LogP contribution in [0.4, 0.5) is 4.79 Å². The zero-order chi connectivity index (χ0) is 28.3. The Morgan fingerprint density at radius 1 is 1.18 bits per heavy atom. The first-order valence-corrected chi connectivity index (χ1v) is 18.3. The Morgan fingerprint density at radius 3 is 2.51 bits per heavy atom. The molecule has 0 radical (unpaired) electrons. The van der Waals surface area contributed by atoms with Crippen molar-refractivity contribution in [3.8, 4) is 5.75 Å². The SMILES string of the molecule is CC1(COc2ccnc3c2c(C2CCOCC2)cn3COCC[Si](C)(C)C)CCN(C(=O)OC(C)(C)C)CC1. The number of amides is 1. The zero-order valence-electron chi connectivity index (χ0n) is 25.2. The molecule has 0 aromatic carbocycles. The first kappa shape index (κ1) is 29.9. The fraction of sp³-hybridized carbons (Fsp3) is 0.733. The van der Waals surface area contributed by atoms with Gasteiger partial charge in [-0.3, -0.25) is 0 Å². The maximum absolute atomic E-state index is 12.5. The van der Waals surface area contributed by atoms with E-state index in [0.717, 1.165) is 68.3 Å². The average Bonchev–Trinajstić information content (AvgIpc) is 3.24. The summed E-state index contributed by atoms with van der Waals surface area (Å²) in [5.41, 5.74) is 1.71. The minimum absolute atomic E-state index is 0.0184. The summed E-state index contributed by atoms with van der Waals surface area (Å²) in [4.78, 5) is 19.1. The van der Waals surface area contributed by atoms with Gasteiger partial charge < -0.3 is 28.4 Å². The van der Waals surface area contributed by atoms with Gasteiger partial charge in [0.1, 0.15) is 23.7 Å². The number of ether oxygens (including phenoxy) is 4. The summed E-state index contributed by atoms with van der Waals surface area (Å²) in [7, 11) is -1.15. The molecule has 8 nitrogen and oxygen atoms in total. The third-order valence-electron chi connectivity index (χ3n) is 7.83. The number of likely N-dealkylation sites (tertiary alicyclic amines) is 1. The van der Waals surface area contributed by atoms with Crippen molar-refractivity contribution in [3.05, 3.63) is 24.0 Å². The molecule has 39 heavy (non-hydrogen) atoms. The van der Waals surface area contributed by atoms with Crippen molar-refractivity contribution < 1.29 is 23.7 Å². The van der Waals surface area contributed by atoms with Crippen LogP contribution in [-0.2, 0) is 20.9 Å². The van der Waals surface area contributed by atoms with Gasteiger partial charge in [-0.05, 0) is 70.0 Å². The van der Waals surface area contributed by atoms with Gasteiger partial charge in [0.2, 0.25) is 0 Å². The standard InChI is InChI=1S/C30H49N3O5Si/c1-29(2,3)38-28(34)32-14-11-30(4,12-15-32)21-37-25-8-13-31-27-26(25)24(23-9-16-35-17-10-23)20-33(27)22-36-18-19-39(5,6)7/h8,13,20,23H,9-12,14-19,21-22H2,1-7H3. The van der Waals surface area contributed by atoms with E-state index < -0.39 is 13.7 Å². The smallest absolute Gasteiger partial charge is 0.410 e. The Hall–Kier alpha value is -2.10. The van der Waals surface area contributed by atoms with Gasteiger partial charge in [0, 0.05) is 58.8 Å². The van der Waals surface area contributed by atoms with E-state index in [1.807, 2.05) is 37.9 Å². The largest absolute Gasteiger partial charge is 0.492 e. The van der Waals surface area contributed by atoms with E-state index in [4.69, 9.17) is 23.9 Å². The topological polar surface area (TPSA) is 75.1 Å². The van der Waals surface area contributed by atoms with Gasteiger partial charge in [0.05, 0.1) is 12.0 Å². The van der Waals surface area contributed by atoms with Crippen molar-refractivity contribution in [2.45, 2.75) is 97.3 Å². The Labute approximate surface area is 235 Å². The molecule has 1 amide bonds. The summed E-state index contributed by atoms with van der Waals surface area (Å²) >= 11 is 0. The van der Waals surface area contributed by atoms with E-state index in [1.54, 1.807) is 0 Å². The van der Waals surface area contributed by atoms with Crippen molar-refractivity contribution in [1.29, 1.82) is 0 Å². The molecular weight excluding hydrogens is 510 g/mol. The number of rotatable bonds is 9. The van der Waals surface area contributed by atoms with Crippen molar-refractivity contribution >= 4 is 25.2 Å². The second-order valence-corrected chi connectivity index (χ2v) is 19.5. The van der Waals surface area contributed by atoms with Crippen LogP contribution in [0, 0.1) is 5.41 Å². The summed E-state index contributed by atoms with van der Waals surface area (Å²) in [5, 5.41) is 1.10. The van der Waals surface area contributed by atoms with Gasteiger partial charge >= 0.3 is 6.09 Å². The molecule has 0 saturated carbocycles. The first-order valence-electron chi connectivity index (χ1n) is 14.6. The number of hydrogen-bond acceptors (Lipinski definition) is 6. The monoisotopic (exact) mass is 559 g/mol. The van der Waals surface area contributed by atoms with E-state index in [9.17, 15) is 4.79 Å². The number of pyridine rings is 1. The van der Waals surface area contributed by atoms with Gasteiger partial charge in [0.15, 0.2) is 0 Å². The highest BCUT2D eigenvalue weighted by Gasteiger charge is 2.35. The first-order chi connectivity index (χ1) is 18.3. The Bertz CT molecular complexity index is 1110. The van der Waals surface area contributed by atoms with Gasteiger partial charge in [0.25, 0.3) is 0 Å². The predicted octanol–water partition coefficient (Wildman–Crippen LogP) is 6.66. The molecule has 0 unspecified atom stereocenters. The van der Waals surface area contributed by atoms with Crippen molar-refractivity contribution in [1.82, 2.24) is 14.5 Å². The number of hydrogen-bond donors (Lipinski definition) is 0. The lowest BCUT2D eigenvalue weighted by Gasteiger charge is -2.39. The molecule has 0 atom stereocenters. The lowest BCUT2D eigenvalue weighted by molar-refractivity contribution is 0.00602. The third kappa shape index (κ3) is 8.21. The van der Waals surface area contributed by atoms with Crippen LogP contribution in [-0.4, -0.2) is 73.7 Å². The van der Waals surface area contributed by atoms with E-state index in [0.29, 0.717) is 32.3 Å². The Morgan fingerprint density at radius 2 is 1.87 bits per heavy atom. The number of carbonyl (C=O) groups excluding carboxylic acids is 1. The van der Waals surface area contributed by atoms with Crippen LogP contribution in [0.1, 0.15) is 64.9 Å². The molecule has 2 aliphatic heterocycles. The molecule has 0 N–H and O–H groups in total. The summed E-state index contributed by atoms with van der Waals surface area (Å²) < 4.78 is 26.1. The summed E-state index contributed by atoms with van der Waals surface area (Å²) in [6.07, 6.45) is 7.60. The van der Waals surface area contributed by atoms with E-state index in [2.05, 4.69) is 37.3 Å². The third-order valence-corrected chi connectivity index (χ3v) is 9.54. The molecule has 2 aromatic heterocycles. The maximum Gasteiger partial charge on any atom is 0.410 e. The Kier molecular flexibility index (Phi) is 9.33. The predicted molar refractivity (Wildman–Crippen MR) is 157 cm³/mol. The van der Waals surface area contributed by atoms with Crippen molar-refractivity contribution in [2.75, 3.05) is 39.5 Å². The second kappa shape index (κ2) is 12.2. The van der Waals surface area contributed by atoms with Gasteiger partial charge in [-0.25, -0.2) is 9.78 Å². The molecule has 4 rings (SSSR count). The molecule has 2 fully saturated rings. The zero-order valence-corrected chi connectivity index (χ0v) is 26.2. The molecule has 2 aromatic rings. The number of carbonyl (C=O) groups is 1. The van der Waals surface area contributed by atoms with Crippen LogP contribution < -0.4 is 4.74 Å². The fourth-order valence-corrected chi connectivity index (χ4v) is 6.00. The number of aromatic nitrogens is 2. The normalized spacial score (nSPS) is 18.9. The van der Waals surface area contributed by atoms with Crippen LogP contribution in [0.2, 0.25) is 25.7 Å². The van der Waals surface area contributed by atoms with Crippen molar-refractivity contribution in [3.63, 3.8) is 0 Å². The molecule has 0 aliphatic carbocycles. The molecular formula is C30H49N3O5Si. The lowest BCUT2D eigenvalue weighted by atomic mass is 9.81. The lowest BCUT2D eigenvalue weighted by Crippen LogP contribution is -2.46. The minimum atomic E-state index is -1.15. The quantitative estimate of drug-likeness (QED) is 0.253. The average molecular weight is 560 g/mol. The summed E-state index contributed by atoms with van der Waals surface area (Å²) in [6, 6.07) is 3.14. The van der Waals surface area contributed by atoms with Gasteiger partial charge in [-0.1, -0.05) is 26.6 Å². The van der Waals surface area contributed by atoms with Crippen molar-refractivity contribution in [2.24, 2.45) is 5.41 Å². The minimum Gasteiger partial charge on any atom is -0.492 e. The van der Waals surface area contributed by atoms with Crippen LogP contribution in [0.15, 0.2) is 18.5 Å². The molecule has 0 spiro atoms. The highest BCUT2D eigenvalue weighted by molar-refractivity contribution is 6.76. The van der Waals surface area contributed by atoms with Crippen LogP contribution in [0.3, 0.4) is 0 Å². The van der Waals surface area contributed by atoms with E-state index >= 15 is 0 Å².